The summed E-state index contributed by atoms with van der Waals surface area (Å²) in [6.45, 7) is 6.18. The first-order valence-electron chi connectivity index (χ1n) is 12.2. The summed E-state index contributed by atoms with van der Waals surface area (Å²) in [5.41, 5.74) is 5.40. The Hall–Kier alpha value is -3.12. The SMILES string of the molecule is CC1=N[C@H](Cc2ccc(C(=N)CC3CCCN(C)CC3)cc2)C(C(=O)Nc2ccc(C)cn2)=C1. The van der Waals surface area contributed by atoms with E-state index in [2.05, 4.69) is 39.4 Å². The van der Waals surface area contributed by atoms with Gasteiger partial charge in [0.2, 0.25) is 0 Å². The number of amides is 1. The summed E-state index contributed by atoms with van der Waals surface area (Å²) < 4.78 is 0. The van der Waals surface area contributed by atoms with E-state index in [0.29, 0.717) is 23.7 Å². The lowest BCUT2D eigenvalue weighted by atomic mass is 9.91. The first-order chi connectivity index (χ1) is 16.4. The fourth-order valence-electron chi connectivity index (χ4n) is 4.76. The minimum Gasteiger partial charge on any atom is -0.307 e. The number of hydrogen-bond donors (Lipinski definition) is 2. The molecule has 0 saturated carbocycles. The molecule has 0 aliphatic carbocycles. The Kier molecular flexibility index (Phi) is 7.68. The highest BCUT2D eigenvalue weighted by Crippen LogP contribution is 2.24. The molecule has 6 heteroatoms. The molecule has 2 N–H and O–H groups in total. The lowest BCUT2D eigenvalue weighted by molar-refractivity contribution is -0.113. The number of aryl methyl sites for hydroxylation is 1. The average molecular weight is 458 g/mol. The third-order valence-corrected chi connectivity index (χ3v) is 6.79. The van der Waals surface area contributed by atoms with Crippen molar-refractivity contribution in [3.8, 4) is 0 Å². The van der Waals surface area contributed by atoms with Crippen molar-refractivity contribution in [3.63, 3.8) is 0 Å². The number of hydrogen-bond acceptors (Lipinski definition) is 5. The Bertz CT molecular complexity index is 1080. The second-order valence-corrected chi connectivity index (χ2v) is 9.74. The Morgan fingerprint density at radius 3 is 2.65 bits per heavy atom. The standard InChI is InChI=1S/C28H35N5O/c1-19-6-11-27(30-18-19)32-28(34)24-15-20(2)31-26(24)17-22-7-9-23(10-8-22)25(29)16-21-5-4-13-33(3)14-12-21/h6-11,15,18,21,26,29H,4-5,12-14,16-17H2,1-3H3,(H,30,32,34)/t21?,26-/m1/s1. The van der Waals surface area contributed by atoms with Gasteiger partial charge < -0.3 is 15.6 Å². The Morgan fingerprint density at radius 1 is 1.12 bits per heavy atom. The van der Waals surface area contributed by atoms with Crippen LogP contribution in [0.15, 0.2) is 59.2 Å². The summed E-state index contributed by atoms with van der Waals surface area (Å²) in [7, 11) is 2.19. The van der Waals surface area contributed by atoms with Crippen LogP contribution >= 0.6 is 0 Å². The Labute approximate surface area is 202 Å². The normalized spacial score (nSPS) is 20.9. The number of carbonyl (C=O) groups excluding carboxylic acids is 1. The lowest BCUT2D eigenvalue weighted by Gasteiger charge is -2.16. The zero-order valence-electron chi connectivity index (χ0n) is 20.5. The van der Waals surface area contributed by atoms with Gasteiger partial charge in [-0.2, -0.15) is 0 Å². The molecule has 0 spiro atoms. The summed E-state index contributed by atoms with van der Waals surface area (Å²) in [6, 6.07) is 11.8. The van der Waals surface area contributed by atoms with Gasteiger partial charge in [0, 0.05) is 23.2 Å². The largest absolute Gasteiger partial charge is 0.307 e. The number of benzene rings is 1. The van der Waals surface area contributed by atoms with Crippen molar-refractivity contribution in [2.75, 3.05) is 25.5 Å². The van der Waals surface area contributed by atoms with Gasteiger partial charge in [-0.25, -0.2) is 4.98 Å². The molecule has 2 aromatic rings. The Morgan fingerprint density at radius 2 is 1.91 bits per heavy atom. The number of pyridine rings is 1. The van der Waals surface area contributed by atoms with Crippen LogP contribution in [0.3, 0.4) is 0 Å². The summed E-state index contributed by atoms with van der Waals surface area (Å²) >= 11 is 0. The quantitative estimate of drug-likeness (QED) is 0.584. The van der Waals surface area contributed by atoms with Crippen LogP contribution in [0.5, 0.6) is 0 Å². The number of allylic oxidation sites excluding steroid dienone is 1. The fraction of sp³-hybridized carbons (Fsp3) is 0.429. The van der Waals surface area contributed by atoms with Crippen LogP contribution in [0.1, 0.15) is 49.3 Å². The van der Waals surface area contributed by atoms with Crippen LogP contribution in [-0.2, 0) is 11.2 Å². The van der Waals surface area contributed by atoms with Crippen molar-refractivity contribution in [1.82, 2.24) is 9.88 Å². The highest BCUT2D eigenvalue weighted by atomic mass is 16.1. The molecular formula is C28H35N5O. The van der Waals surface area contributed by atoms with Gasteiger partial charge in [-0.1, -0.05) is 30.3 Å². The summed E-state index contributed by atoms with van der Waals surface area (Å²) in [5, 5.41) is 11.5. The lowest BCUT2D eigenvalue weighted by Crippen LogP contribution is -2.23. The molecule has 1 fully saturated rings. The monoisotopic (exact) mass is 457 g/mol. The van der Waals surface area contributed by atoms with E-state index in [1.807, 2.05) is 44.2 Å². The number of rotatable bonds is 7. The molecule has 1 aromatic carbocycles. The highest BCUT2D eigenvalue weighted by molar-refractivity contribution is 6.11. The molecule has 1 aromatic heterocycles. The van der Waals surface area contributed by atoms with Gasteiger partial charge in [-0.3, -0.25) is 9.79 Å². The predicted octanol–water partition coefficient (Wildman–Crippen LogP) is 4.83. The topological polar surface area (TPSA) is 81.4 Å². The van der Waals surface area contributed by atoms with E-state index < -0.39 is 0 Å². The molecule has 6 nitrogen and oxygen atoms in total. The zero-order valence-corrected chi connectivity index (χ0v) is 20.5. The van der Waals surface area contributed by atoms with Gasteiger partial charge in [0.25, 0.3) is 5.91 Å². The maximum absolute atomic E-state index is 12.9. The smallest absolute Gasteiger partial charge is 0.254 e. The van der Waals surface area contributed by atoms with Gasteiger partial charge in [0.1, 0.15) is 5.82 Å². The van der Waals surface area contributed by atoms with Gasteiger partial charge in [-0.05, 0) is 101 Å². The summed E-state index contributed by atoms with van der Waals surface area (Å²) in [4.78, 5) is 24.3. The number of anilines is 1. The molecule has 4 rings (SSSR count). The second kappa shape index (κ2) is 10.9. The van der Waals surface area contributed by atoms with Crippen molar-refractivity contribution >= 4 is 23.1 Å². The molecule has 3 heterocycles. The van der Waals surface area contributed by atoms with Crippen LogP contribution in [0.4, 0.5) is 5.82 Å². The molecule has 2 atom stereocenters. The number of likely N-dealkylation sites (tertiary alicyclic amines) is 1. The van der Waals surface area contributed by atoms with Gasteiger partial charge in [-0.15, -0.1) is 0 Å². The molecule has 0 radical (unpaired) electrons. The van der Waals surface area contributed by atoms with Crippen LogP contribution in [0.2, 0.25) is 0 Å². The first kappa shape index (κ1) is 24.0. The minimum atomic E-state index is -0.210. The van der Waals surface area contributed by atoms with Gasteiger partial charge >= 0.3 is 0 Å². The number of aliphatic imine (C=N–C) groups is 1. The molecule has 34 heavy (non-hydrogen) atoms. The number of nitrogens with one attached hydrogen (secondary N) is 2. The minimum absolute atomic E-state index is 0.158. The maximum Gasteiger partial charge on any atom is 0.254 e. The molecule has 178 valence electrons. The van der Waals surface area contributed by atoms with Gasteiger partial charge in [0.15, 0.2) is 0 Å². The van der Waals surface area contributed by atoms with Crippen molar-refractivity contribution in [3.05, 3.63) is 70.9 Å². The number of aromatic nitrogens is 1. The molecule has 1 unspecified atom stereocenters. The predicted molar refractivity (Wildman–Crippen MR) is 139 cm³/mol. The number of nitrogens with zero attached hydrogens (tertiary/aromatic N) is 3. The van der Waals surface area contributed by atoms with E-state index in [9.17, 15) is 4.79 Å². The van der Waals surface area contributed by atoms with Gasteiger partial charge in [0.05, 0.1) is 6.04 Å². The molecular weight excluding hydrogens is 422 g/mol. The highest BCUT2D eigenvalue weighted by Gasteiger charge is 2.26. The Balaban J connectivity index is 1.36. The van der Waals surface area contributed by atoms with Crippen molar-refractivity contribution in [2.24, 2.45) is 10.9 Å². The van der Waals surface area contributed by atoms with E-state index in [4.69, 9.17) is 5.41 Å². The van der Waals surface area contributed by atoms with E-state index >= 15 is 0 Å². The van der Waals surface area contributed by atoms with Crippen molar-refractivity contribution in [1.29, 1.82) is 5.41 Å². The van der Waals surface area contributed by atoms with Crippen LogP contribution < -0.4 is 5.32 Å². The first-order valence-corrected chi connectivity index (χ1v) is 12.2. The maximum atomic E-state index is 12.9. The molecule has 2 aliphatic heterocycles. The summed E-state index contributed by atoms with van der Waals surface area (Å²) in [5.74, 6) is 0.986. The second-order valence-electron chi connectivity index (χ2n) is 9.74. The fourth-order valence-corrected chi connectivity index (χ4v) is 4.76. The van der Waals surface area contributed by atoms with Crippen molar-refractivity contribution < 1.29 is 4.79 Å². The van der Waals surface area contributed by atoms with E-state index in [-0.39, 0.29) is 11.9 Å². The molecule has 1 saturated heterocycles. The third kappa shape index (κ3) is 6.26. The van der Waals surface area contributed by atoms with E-state index in [0.717, 1.165) is 47.6 Å². The third-order valence-electron chi connectivity index (χ3n) is 6.79. The molecule has 0 bridgehead atoms. The molecule has 2 aliphatic rings. The average Bonchev–Trinajstić information content (AvgIpc) is 3.06. The van der Waals surface area contributed by atoms with Crippen molar-refractivity contribution in [2.45, 2.75) is 52.0 Å². The van der Waals surface area contributed by atoms with Crippen LogP contribution in [0.25, 0.3) is 0 Å². The van der Waals surface area contributed by atoms with Crippen LogP contribution in [0, 0.1) is 18.3 Å². The summed E-state index contributed by atoms with van der Waals surface area (Å²) in [6.07, 6.45) is 8.70. The molecule has 1 amide bonds. The van der Waals surface area contributed by atoms with E-state index in [1.54, 1.807) is 6.20 Å². The van der Waals surface area contributed by atoms with Crippen LogP contribution in [-0.4, -0.2) is 53.4 Å². The zero-order chi connectivity index (χ0) is 24.1. The number of carbonyl (C=O) groups is 1. The van der Waals surface area contributed by atoms with E-state index in [1.165, 1.54) is 19.3 Å².